The maximum absolute atomic E-state index is 15.9. The summed E-state index contributed by atoms with van der Waals surface area (Å²) >= 11 is 1.13. The molecule has 0 unspecified atom stereocenters. The van der Waals surface area contributed by atoms with Gasteiger partial charge in [0.1, 0.15) is 28.2 Å². The Bertz CT molecular complexity index is 1630. The Morgan fingerprint density at radius 2 is 1.74 bits per heavy atom. The van der Waals surface area contributed by atoms with Gasteiger partial charge in [-0.2, -0.15) is 0 Å². The van der Waals surface area contributed by atoms with Crippen molar-refractivity contribution < 1.29 is 30.7 Å². The normalized spacial score (nSPS) is 14.2. The molecule has 1 fully saturated rings. The lowest BCUT2D eigenvalue weighted by molar-refractivity contribution is 0.122. The van der Waals surface area contributed by atoms with Crippen molar-refractivity contribution in [1.82, 2.24) is 15.0 Å². The van der Waals surface area contributed by atoms with Crippen LogP contribution in [0.15, 0.2) is 47.5 Å². The fourth-order valence-electron chi connectivity index (χ4n) is 3.96. The maximum atomic E-state index is 15.9. The van der Waals surface area contributed by atoms with Gasteiger partial charge in [0.15, 0.2) is 15.0 Å². The first kappa shape index (κ1) is 26.0. The van der Waals surface area contributed by atoms with E-state index in [4.69, 9.17) is 10.5 Å². The molecule has 3 heterocycles. The van der Waals surface area contributed by atoms with E-state index in [-0.39, 0.29) is 22.2 Å². The summed E-state index contributed by atoms with van der Waals surface area (Å²) in [5.41, 5.74) is 4.86. The van der Waals surface area contributed by atoms with Gasteiger partial charge in [0, 0.05) is 24.8 Å². The Hall–Kier alpha value is -3.62. The number of benzene rings is 2. The first-order chi connectivity index (χ1) is 18.1. The second-order valence-electron chi connectivity index (χ2n) is 8.30. The smallest absolute Gasteiger partial charge is 0.220 e. The lowest BCUT2D eigenvalue weighted by Crippen LogP contribution is -2.36. The number of anilines is 2. The van der Waals surface area contributed by atoms with Crippen molar-refractivity contribution in [3.63, 3.8) is 0 Å². The highest BCUT2D eigenvalue weighted by molar-refractivity contribution is 7.90. The molecule has 0 aliphatic carbocycles. The molecule has 2 N–H and O–H groups in total. The summed E-state index contributed by atoms with van der Waals surface area (Å²) in [6, 6.07) is 5.29. The third-order valence-corrected chi connectivity index (χ3v) is 8.60. The quantitative estimate of drug-likeness (QED) is 0.346. The maximum Gasteiger partial charge on any atom is 0.220 e. The van der Waals surface area contributed by atoms with Crippen LogP contribution in [0.5, 0.6) is 0 Å². The van der Waals surface area contributed by atoms with E-state index in [0.717, 1.165) is 29.5 Å². The van der Waals surface area contributed by atoms with Gasteiger partial charge < -0.3 is 15.4 Å². The van der Waals surface area contributed by atoms with Gasteiger partial charge in [0.05, 0.1) is 40.8 Å². The van der Waals surface area contributed by atoms with Crippen LogP contribution in [0.1, 0.15) is 5.56 Å². The molecule has 2 aromatic heterocycles. The number of hydrogen-bond acceptors (Lipinski definition) is 9. The van der Waals surface area contributed by atoms with Crippen molar-refractivity contribution in [3.8, 4) is 21.8 Å². The van der Waals surface area contributed by atoms with E-state index in [1.54, 1.807) is 0 Å². The molecule has 2 aromatic carbocycles. The molecule has 0 atom stereocenters. The Morgan fingerprint density at radius 3 is 2.47 bits per heavy atom. The Labute approximate surface area is 218 Å². The molecule has 0 radical (unpaired) electrons. The zero-order valence-corrected chi connectivity index (χ0v) is 21.1. The SMILES string of the molecule is Nc1nccc(-c2sc(N3CCOCC3)nc2-c2c(F)ccc(CS(=O)(=O)c3cc(F)ccc3F)c2F)n1. The molecule has 38 heavy (non-hydrogen) atoms. The van der Waals surface area contributed by atoms with Crippen molar-refractivity contribution in [3.05, 3.63) is 71.4 Å². The van der Waals surface area contributed by atoms with Crippen molar-refractivity contribution in [1.29, 1.82) is 0 Å². The largest absolute Gasteiger partial charge is 0.378 e. The highest BCUT2D eigenvalue weighted by Crippen LogP contribution is 2.42. The van der Waals surface area contributed by atoms with Crippen LogP contribution in [0.4, 0.5) is 28.6 Å². The Kier molecular flexibility index (Phi) is 7.03. The minimum absolute atomic E-state index is 0.0623. The van der Waals surface area contributed by atoms with E-state index in [0.29, 0.717) is 43.6 Å². The standard InChI is InChI=1S/C24H19F4N5O3S2/c25-14-2-4-15(26)18(11-14)38(34,35)12-13-1-3-16(27)19(20(13)28)21-22(17-5-6-30-23(29)31-17)37-24(32-21)33-7-9-36-10-8-33/h1-6,11H,7-10,12H2,(H2,29,30,31). The van der Waals surface area contributed by atoms with Crippen molar-refractivity contribution in [2.24, 2.45) is 0 Å². The number of nitrogen functional groups attached to an aromatic ring is 1. The Morgan fingerprint density at radius 1 is 1.00 bits per heavy atom. The molecule has 1 aliphatic heterocycles. The van der Waals surface area contributed by atoms with E-state index in [2.05, 4.69) is 15.0 Å². The van der Waals surface area contributed by atoms with Crippen LogP contribution in [0.2, 0.25) is 0 Å². The molecule has 1 saturated heterocycles. The summed E-state index contributed by atoms with van der Waals surface area (Å²) in [6.07, 6.45) is 1.39. The molecule has 198 valence electrons. The van der Waals surface area contributed by atoms with Gasteiger partial charge in [0.2, 0.25) is 5.95 Å². The van der Waals surface area contributed by atoms with Crippen LogP contribution in [-0.2, 0) is 20.3 Å². The summed E-state index contributed by atoms with van der Waals surface area (Å²) in [5, 5.41) is 0.453. The van der Waals surface area contributed by atoms with Gasteiger partial charge in [-0.25, -0.2) is 40.9 Å². The zero-order valence-electron chi connectivity index (χ0n) is 19.5. The third-order valence-electron chi connectivity index (χ3n) is 5.79. The van der Waals surface area contributed by atoms with E-state index in [1.807, 2.05) is 4.90 Å². The van der Waals surface area contributed by atoms with Gasteiger partial charge in [-0.05, 0) is 30.3 Å². The highest BCUT2D eigenvalue weighted by atomic mass is 32.2. The molecule has 0 saturated carbocycles. The average molecular weight is 566 g/mol. The lowest BCUT2D eigenvalue weighted by atomic mass is 10.0. The number of nitrogens with zero attached hydrogens (tertiary/aromatic N) is 4. The summed E-state index contributed by atoms with van der Waals surface area (Å²) < 4.78 is 90.0. The predicted octanol–water partition coefficient (Wildman–Crippen LogP) is 4.22. The molecule has 4 aromatic rings. The number of hydrogen-bond donors (Lipinski definition) is 1. The molecule has 14 heteroatoms. The summed E-state index contributed by atoms with van der Waals surface area (Å²) in [7, 11) is -4.54. The van der Waals surface area contributed by atoms with Crippen molar-refractivity contribution >= 4 is 32.3 Å². The number of thiazole rings is 1. The molecule has 0 spiro atoms. The molecular weight excluding hydrogens is 546 g/mol. The molecule has 0 bridgehead atoms. The Balaban J connectivity index is 1.63. The number of sulfone groups is 1. The van der Waals surface area contributed by atoms with Crippen molar-refractivity contribution in [2.75, 3.05) is 36.9 Å². The monoisotopic (exact) mass is 565 g/mol. The highest BCUT2D eigenvalue weighted by Gasteiger charge is 2.29. The van der Waals surface area contributed by atoms with Crippen LogP contribution in [0, 0.1) is 23.3 Å². The van der Waals surface area contributed by atoms with Gasteiger partial charge in [0.25, 0.3) is 0 Å². The first-order valence-corrected chi connectivity index (χ1v) is 13.7. The van der Waals surface area contributed by atoms with Crippen LogP contribution in [0.25, 0.3) is 21.8 Å². The predicted molar refractivity (Wildman–Crippen MR) is 133 cm³/mol. The number of ether oxygens (including phenoxy) is 1. The van der Waals surface area contributed by atoms with Gasteiger partial charge >= 0.3 is 0 Å². The fraction of sp³-hybridized carbons (Fsp3) is 0.208. The van der Waals surface area contributed by atoms with Gasteiger partial charge in [-0.1, -0.05) is 17.4 Å². The second kappa shape index (κ2) is 10.3. The minimum Gasteiger partial charge on any atom is -0.378 e. The van der Waals surface area contributed by atoms with Crippen LogP contribution in [-0.4, -0.2) is 49.7 Å². The number of aromatic nitrogens is 3. The van der Waals surface area contributed by atoms with Crippen LogP contribution >= 0.6 is 11.3 Å². The fourth-order valence-corrected chi connectivity index (χ4v) is 6.50. The second-order valence-corrected chi connectivity index (χ2v) is 11.2. The van der Waals surface area contributed by atoms with Crippen LogP contribution in [0.3, 0.4) is 0 Å². The molecular formula is C24H19F4N5O3S2. The minimum atomic E-state index is -4.54. The summed E-state index contributed by atoms with van der Waals surface area (Å²) in [4.78, 5) is 13.8. The zero-order chi connectivity index (χ0) is 27.0. The number of nitrogens with two attached hydrogens (primary N) is 1. The van der Waals surface area contributed by atoms with E-state index < -0.39 is 54.9 Å². The average Bonchev–Trinajstić information content (AvgIpc) is 3.33. The van der Waals surface area contributed by atoms with E-state index in [1.165, 1.54) is 12.3 Å². The van der Waals surface area contributed by atoms with E-state index >= 15 is 8.78 Å². The van der Waals surface area contributed by atoms with Crippen molar-refractivity contribution in [2.45, 2.75) is 10.6 Å². The van der Waals surface area contributed by atoms with Gasteiger partial charge in [-0.15, -0.1) is 0 Å². The molecule has 1 aliphatic rings. The third kappa shape index (κ3) is 5.06. The topological polar surface area (TPSA) is 111 Å². The number of halogens is 4. The number of rotatable bonds is 6. The summed E-state index contributed by atoms with van der Waals surface area (Å²) in [5.74, 6) is -5.46. The first-order valence-electron chi connectivity index (χ1n) is 11.2. The van der Waals surface area contributed by atoms with Gasteiger partial charge in [-0.3, -0.25) is 0 Å². The number of morpholine rings is 1. The molecule has 8 nitrogen and oxygen atoms in total. The molecule has 5 rings (SSSR count). The van der Waals surface area contributed by atoms with Crippen LogP contribution < -0.4 is 10.6 Å². The lowest BCUT2D eigenvalue weighted by Gasteiger charge is -2.26. The summed E-state index contributed by atoms with van der Waals surface area (Å²) in [6.45, 7) is 1.89. The van der Waals surface area contributed by atoms with E-state index in [9.17, 15) is 17.2 Å². The molecule has 0 amide bonds.